The summed E-state index contributed by atoms with van der Waals surface area (Å²) in [7, 11) is 1.20. The Bertz CT molecular complexity index is 905. The van der Waals surface area contributed by atoms with Gasteiger partial charge in [-0.25, -0.2) is 9.78 Å². The van der Waals surface area contributed by atoms with E-state index in [1.807, 2.05) is 36.4 Å². The van der Waals surface area contributed by atoms with Crippen LogP contribution in [0.2, 0.25) is 0 Å². The molecule has 3 aromatic rings. The minimum atomic E-state index is -1.14. The molecular formula is C18H17N3O4. The maximum atomic E-state index is 12.8. The van der Waals surface area contributed by atoms with Gasteiger partial charge in [0.2, 0.25) is 0 Å². The minimum Gasteiger partial charge on any atom is -0.467 e. The molecule has 0 saturated carbocycles. The Kier molecular flexibility index (Phi) is 4.76. The van der Waals surface area contributed by atoms with Gasteiger partial charge in [0.1, 0.15) is 17.0 Å². The normalized spacial score (nSPS) is 11.9. The molecule has 0 aliphatic heterocycles. The number of imidazole rings is 1. The fourth-order valence-electron chi connectivity index (χ4n) is 2.56. The van der Waals surface area contributed by atoms with Crippen molar-refractivity contribution in [3.63, 3.8) is 0 Å². The molecule has 2 N–H and O–H groups in total. The summed E-state index contributed by atoms with van der Waals surface area (Å²) in [5.74, 6) is -1.24. The van der Waals surface area contributed by atoms with E-state index < -0.39 is 24.5 Å². The molecule has 2 heterocycles. The van der Waals surface area contributed by atoms with Crippen LogP contribution in [-0.4, -0.2) is 46.1 Å². The lowest BCUT2D eigenvalue weighted by Gasteiger charge is -2.14. The van der Waals surface area contributed by atoms with Crippen LogP contribution in [0.15, 0.2) is 54.7 Å². The van der Waals surface area contributed by atoms with Crippen molar-refractivity contribution in [3.8, 4) is 11.3 Å². The van der Waals surface area contributed by atoms with Gasteiger partial charge in [-0.2, -0.15) is 0 Å². The molecule has 0 fully saturated rings. The Hall–Kier alpha value is -3.19. The third-order valence-corrected chi connectivity index (χ3v) is 3.77. The van der Waals surface area contributed by atoms with Crippen LogP contribution in [0, 0.1) is 0 Å². The highest BCUT2D eigenvalue weighted by molar-refractivity contribution is 6.01. The molecule has 0 saturated heterocycles. The first-order valence-electron chi connectivity index (χ1n) is 7.67. The van der Waals surface area contributed by atoms with Gasteiger partial charge in [0.15, 0.2) is 6.04 Å². The predicted octanol–water partition coefficient (Wildman–Crippen LogP) is 1.26. The van der Waals surface area contributed by atoms with Gasteiger partial charge in [0.05, 0.1) is 13.7 Å². The molecule has 7 heteroatoms. The van der Waals surface area contributed by atoms with Crippen LogP contribution in [0.4, 0.5) is 0 Å². The highest BCUT2D eigenvalue weighted by Crippen LogP contribution is 2.24. The summed E-state index contributed by atoms with van der Waals surface area (Å²) < 4.78 is 6.23. The van der Waals surface area contributed by atoms with Gasteiger partial charge in [0, 0.05) is 11.8 Å². The molecule has 2 aromatic heterocycles. The summed E-state index contributed by atoms with van der Waals surface area (Å²) in [4.78, 5) is 29.0. The lowest BCUT2D eigenvalue weighted by molar-refractivity contribution is -0.143. The number of aliphatic hydroxyl groups excluding tert-OH is 1. The van der Waals surface area contributed by atoms with Gasteiger partial charge in [-0.1, -0.05) is 36.4 Å². The summed E-state index contributed by atoms with van der Waals surface area (Å²) >= 11 is 0. The number of carbonyl (C=O) groups excluding carboxylic acids is 2. The largest absolute Gasteiger partial charge is 0.467 e. The monoisotopic (exact) mass is 339 g/mol. The van der Waals surface area contributed by atoms with Crippen LogP contribution >= 0.6 is 0 Å². The number of hydrogen-bond acceptors (Lipinski definition) is 5. The Morgan fingerprint density at radius 2 is 1.92 bits per heavy atom. The standard InChI is InChI=1S/C18H17N3O4/c1-25-18(24)13(11-22)19-17(23)16-15(12-7-3-2-4-8-12)20-14-9-5-6-10-21(14)16/h2-10,13,22H,11H2,1H3,(H,19,23). The quantitative estimate of drug-likeness (QED) is 0.683. The number of benzene rings is 1. The maximum Gasteiger partial charge on any atom is 0.330 e. The van der Waals surface area contributed by atoms with Crippen molar-refractivity contribution < 1.29 is 19.4 Å². The van der Waals surface area contributed by atoms with Gasteiger partial charge in [-0.3, -0.25) is 9.20 Å². The van der Waals surface area contributed by atoms with Gasteiger partial charge in [-0.15, -0.1) is 0 Å². The van der Waals surface area contributed by atoms with E-state index in [4.69, 9.17) is 0 Å². The van der Waals surface area contributed by atoms with Crippen LogP contribution in [0.1, 0.15) is 10.5 Å². The van der Waals surface area contributed by atoms with E-state index >= 15 is 0 Å². The van der Waals surface area contributed by atoms with Crippen LogP contribution in [-0.2, 0) is 9.53 Å². The number of nitrogens with one attached hydrogen (secondary N) is 1. The van der Waals surface area contributed by atoms with Crippen molar-refractivity contribution in [2.75, 3.05) is 13.7 Å². The van der Waals surface area contributed by atoms with Gasteiger partial charge in [0.25, 0.3) is 5.91 Å². The van der Waals surface area contributed by atoms with Gasteiger partial charge in [-0.05, 0) is 12.1 Å². The first kappa shape index (κ1) is 16.7. The van der Waals surface area contributed by atoms with Gasteiger partial charge < -0.3 is 15.2 Å². The minimum absolute atomic E-state index is 0.282. The topological polar surface area (TPSA) is 92.9 Å². The number of amides is 1. The third kappa shape index (κ3) is 3.22. The van der Waals surface area contributed by atoms with E-state index in [2.05, 4.69) is 15.0 Å². The predicted molar refractivity (Wildman–Crippen MR) is 91.0 cm³/mol. The average Bonchev–Trinajstić information content (AvgIpc) is 3.05. The number of fused-ring (bicyclic) bond motifs is 1. The number of hydrogen-bond donors (Lipinski definition) is 2. The third-order valence-electron chi connectivity index (χ3n) is 3.77. The lowest BCUT2D eigenvalue weighted by Crippen LogP contribution is -2.44. The second-order valence-electron chi connectivity index (χ2n) is 5.34. The second kappa shape index (κ2) is 7.14. The second-order valence-corrected chi connectivity index (χ2v) is 5.34. The highest BCUT2D eigenvalue weighted by Gasteiger charge is 2.26. The summed E-state index contributed by atoms with van der Waals surface area (Å²) in [6.07, 6.45) is 1.72. The molecular weight excluding hydrogens is 322 g/mol. The number of ether oxygens (including phenoxy) is 1. The number of rotatable bonds is 5. The Balaban J connectivity index is 2.08. The fourth-order valence-corrected chi connectivity index (χ4v) is 2.56. The molecule has 0 bridgehead atoms. The molecule has 128 valence electrons. The molecule has 3 rings (SSSR count). The average molecular weight is 339 g/mol. The van der Waals surface area contributed by atoms with Crippen molar-refractivity contribution in [1.82, 2.24) is 14.7 Å². The Morgan fingerprint density at radius 1 is 1.20 bits per heavy atom. The molecule has 0 spiro atoms. The van der Waals surface area contributed by atoms with E-state index in [-0.39, 0.29) is 5.69 Å². The molecule has 25 heavy (non-hydrogen) atoms. The maximum absolute atomic E-state index is 12.8. The number of esters is 1. The van der Waals surface area contributed by atoms with Crippen molar-refractivity contribution in [2.45, 2.75) is 6.04 Å². The lowest BCUT2D eigenvalue weighted by atomic mass is 10.1. The molecule has 1 atom stereocenters. The van der Waals surface area contributed by atoms with Crippen LogP contribution in [0.25, 0.3) is 16.9 Å². The van der Waals surface area contributed by atoms with E-state index in [1.54, 1.807) is 22.7 Å². The Labute approximate surface area is 143 Å². The Morgan fingerprint density at radius 3 is 2.60 bits per heavy atom. The van der Waals surface area contributed by atoms with Crippen molar-refractivity contribution in [3.05, 3.63) is 60.4 Å². The van der Waals surface area contributed by atoms with Crippen LogP contribution in [0.5, 0.6) is 0 Å². The van der Waals surface area contributed by atoms with Crippen LogP contribution < -0.4 is 5.32 Å². The number of nitrogens with zero attached hydrogens (tertiary/aromatic N) is 2. The zero-order valence-corrected chi connectivity index (χ0v) is 13.5. The van der Waals surface area contributed by atoms with E-state index in [1.165, 1.54) is 7.11 Å². The van der Waals surface area contributed by atoms with Gasteiger partial charge >= 0.3 is 5.97 Å². The van der Waals surface area contributed by atoms with Crippen molar-refractivity contribution in [2.24, 2.45) is 0 Å². The summed E-state index contributed by atoms with van der Waals surface area (Å²) in [5.41, 5.74) is 2.15. The number of pyridine rings is 1. The molecule has 0 aliphatic carbocycles. The zero-order valence-electron chi connectivity index (χ0n) is 13.5. The smallest absolute Gasteiger partial charge is 0.330 e. The van der Waals surface area contributed by atoms with Crippen LogP contribution in [0.3, 0.4) is 0 Å². The number of methoxy groups -OCH3 is 1. The van der Waals surface area contributed by atoms with Crippen molar-refractivity contribution in [1.29, 1.82) is 0 Å². The number of aromatic nitrogens is 2. The van der Waals surface area contributed by atoms with E-state index in [9.17, 15) is 14.7 Å². The highest BCUT2D eigenvalue weighted by atomic mass is 16.5. The number of carbonyl (C=O) groups is 2. The zero-order chi connectivity index (χ0) is 17.8. The molecule has 0 aliphatic rings. The molecule has 1 aromatic carbocycles. The van der Waals surface area contributed by atoms with E-state index in [0.29, 0.717) is 11.3 Å². The molecule has 1 amide bonds. The first-order chi connectivity index (χ1) is 12.2. The first-order valence-corrected chi connectivity index (χ1v) is 7.67. The molecule has 1 unspecified atom stereocenters. The molecule has 0 radical (unpaired) electrons. The van der Waals surface area contributed by atoms with Crippen molar-refractivity contribution >= 4 is 17.5 Å². The van der Waals surface area contributed by atoms with E-state index in [0.717, 1.165) is 5.56 Å². The summed E-state index contributed by atoms with van der Waals surface area (Å²) in [6.45, 7) is -0.560. The SMILES string of the molecule is COC(=O)C(CO)NC(=O)c1c(-c2ccccc2)nc2ccccn12. The summed E-state index contributed by atoms with van der Waals surface area (Å²) in [6, 6.07) is 13.5. The molecule has 7 nitrogen and oxygen atoms in total. The number of aliphatic hydroxyl groups is 1. The summed E-state index contributed by atoms with van der Waals surface area (Å²) in [5, 5.41) is 11.8. The fraction of sp³-hybridized carbons (Fsp3) is 0.167.